The average molecular weight is 263 g/mol. The highest BCUT2D eigenvalue weighted by Gasteiger charge is 2.01. The van der Waals surface area contributed by atoms with Crippen molar-refractivity contribution in [2.75, 3.05) is 0 Å². The first-order valence-electron chi connectivity index (χ1n) is 3.63. The molecule has 0 aliphatic carbocycles. The number of hydrogen-bond acceptors (Lipinski definition) is 2. The van der Waals surface area contributed by atoms with Crippen LogP contribution < -0.4 is 5.73 Å². The van der Waals surface area contributed by atoms with Crippen LogP contribution in [0.3, 0.4) is 0 Å². The molecule has 13 heavy (non-hydrogen) atoms. The van der Waals surface area contributed by atoms with Gasteiger partial charge in [-0.25, -0.2) is 4.98 Å². The van der Waals surface area contributed by atoms with E-state index in [0.29, 0.717) is 6.54 Å². The lowest BCUT2D eigenvalue weighted by atomic mass is 10.5. The topological polar surface area (TPSA) is 43.3 Å². The Morgan fingerprint density at radius 3 is 2.92 bits per heavy atom. The van der Waals surface area contributed by atoms with Crippen molar-refractivity contribution in [1.29, 1.82) is 0 Å². The molecule has 0 radical (unpaired) electrons. The summed E-state index contributed by atoms with van der Waals surface area (Å²) in [6.45, 7) is 0.480. The molecule has 0 bridgehead atoms. The Morgan fingerprint density at radius 2 is 2.31 bits per heavy atom. The maximum Gasteiger partial charge on any atom is 0.151 e. The lowest BCUT2D eigenvalue weighted by molar-refractivity contribution is 1.02. The third-order valence-corrected chi connectivity index (χ3v) is 2.31. The first-order valence-corrected chi connectivity index (χ1v) is 4.43. The van der Waals surface area contributed by atoms with E-state index in [0.717, 1.165) is 15.8 Å². The summed E-state index contributed by atoms with van der Waals surface area (Å²) in [6, 6.07) is 3.92. The van der Waals surface area contributed by atoms with Gasteiger partial charge in [-0.2, -0.15) is 0 Å². The maximum absolute atomic E-state index is 5.47. The zero-order valence-corrected chi connectivity index (χ0v) is 9.18. The summed E-state index contributed by atoms with van der Waals surface area (Å²) in [7, 11) is 0. The van der Waals surface area contributed by atoms with Crippen LogP contribution in [0.15, 0.2) is 29.0 Å². The molecule has 0 fully saturated rings. The van der Waals surface area contributed by atoms with Gasteiger partial charge in [0.1, 0.15) is 0 Å². The highest BCUT2D eigenvalue weighted by molar-refractivity contribution is 9.10. The second-order valence-corrected chi connectivity index (χ2v) is 3.38. The van der Waals surface area contributed by atoms with Crippen LogP contribution in [0.4, 0.5) is 0 Å². The second-order valence-electron chi connectivity index (χ2n) is 2.52. The molecule has 2 N–H and O–H groups in total. The van der Waals surface area contributed by atoms with E-state index in [-0.39, 0.29) is 12.4 Å². The van der Waals surface area contributed by atoms with E-state index in [1.54, 1.807) is 0 Å². The molecule has 0 unspecified atom stereocenters. The predicted octanol–water partition coefficient (Wildman–Crippen LogP) is 1.98. The number of fused-ring (bicyclic) bond motifs is 1. The largest absolute Gasteiger partial charge is 0.325 e. The SMILES string of the molecule is Cl.NCc1cn2cccc(Br)c2n1. The Labute approximate surface area is 90.5 Å². The predicted molar refractivity (Wildman–Crippen MR) is 58.0 cm³/mol. The summed E-state index contributed by atoms with van der Waals surface area (Å²) in [5.41, 5.74) is 7.29. The van der Waals surface area contributed by atoms with E-state index in [1.807, 2.05) is 28.9 Å². The molecule has 2 aromatic rings. The zero-order valence-electron chi connectivity index (χ0n) is 6.77. The van der Waals surface area contributed by atoms with Gasteiger partial charge in [-0.3, -0.25) is 0 Å². The average Bonchev–Trinajstić information content (AvgIpc) is 2.49. The van der Waals surface area contributed by atoms with Crippen LogP contribution in [-0.2, 0) is 6.54 Å². The van der Waals surface area contributed by atoms with Gasteiger partial charge < -0.3 is 10.1 Å². The van der Waals surface area contributed by atoms with Crippen LogP contribution in [0, 0.1) is 0 Å². The van der Waals surface area contributed by atoms with Crippen molar-refractivity contribution in [3.05, 3.63) is 34.7 Å². The number of imidazole rings is 1. The minimum atomic E-state index is 0. The summed E-state index contributed by atoms with van der Waals surface area (Å²) in [5.74, 6) is 0. The van der Waals surface area contributed by atoms with Crippen LogP contribution in [0.2, 0.25) is 0 Å². The molecule has 2 rings (SSSR count). The van der Waals surface area contributed by atoms with Crippen LogP contribution >= 0.6 is 28.3 Å². The van der Waals surface area contributed by atoms with Crippen molar-refractivity contribution >= 4 is 34.0 Å². The molecule has 5 heteroatoms. The fourth-order valence-corrected chi connectivity index (χ4v) is 1.57. The van der Waals surface area contributed by atoms with Gasteiger partial charge in [-0.1, -0.05) is 0 Å². The normalized spacial score (nSPS) is 10.0. The summed E-state index contributed by atoms with van der Waals surface area (Å²) in [6.07, 6.45) is 3.88. The minimum Gasteiger partial charge on any atom is -0.325 e. The van der Waals surface area contributed by atoms with Crippen molar-refractivity contribution < 1.29 is 0 Å². The summed E-state index contributed by atoms with van der Waals surface area (Å²) in [4.78, 5) is 4.32. The fraction of sp³-hybridized carbons (Fsp3) is 0.125. The molecule has 2 aromatic heterocycles. The quantitative estimate of drug-likeness (QED) is 0.854. The molecule has 0 saturated carbocycles. The number of hydrogen-bond donors (Lipinski definition) is 1. The highest BCUT2D eigenvalue weighted by atomic mass is 79.9. The minimum absolute atomic E-state index is 0. The number of nitrogens with zero attached hydrogens (tertiary/aromatic N) is 2. The van der Waals surface area contributed by atoms with Gasteiger partial charge >= 0.3 is 0 Å². The van der Waals surface area contributed by atoms with Crippen molar-refractivity contribution in [3.8, 4) is 0 Å². The smallest absolute Gasteiger partial charge is 0.151 e. The number of nitrogens with two attached hydrogens (primary N) is 1. The third kappa shape index (κ3) is 1.85. The van der Waals surface area contributed by atoms with Gasteiger partial charge in [-0.05, 0) is 28.1 Å². The number of pyridine rings is 1. The Balaban J connectivity index is 0.000000845. The number of halogens is 2. The van der Waals surface area contributed by atoms with E-state index < -0.39 is 0 Å². The lowest BCUT2D eigenvalue weighted by Gasteiger charge is -1.92. The van der Waals surface area contributed by atoms with E-state index >= 15 is 0 Å². The van der Waals surface area contributed by atoms with Crippen LogP contribution in [0.5, 0.6) is 0 Å². The van der Waals surface area contributed by atoms with Gasteiger partial charge in [0.25, 0.3) is 0 Å². The Hall–Kier alpha value is -0.580. The molecular formula is C8H9BrClN3. The maximum atomic E-state index is 5.47. The molecule has 0 spiro atoms. The molecule has 0 atom stereocenters. The molecule has 0 aliphatic rings. The Bertz CT molecular complexity index is 413. The number of aromatic nitrogens is 2. The Kier molecular flexibility index (Phi) is 3.30. The molecule has 0 aliphatic heterocycles. The van der Waals surface area contributed by atoms with E-state index in [4.69, 9.17) is 5.73 Å². The molecule has 0 saturated heterocycles. The standard InChI is InChI=1S/C8H8BrN3.ClH/c9-7-2-1-3-12-5-6(4-10)11-8(7)12;/h1-3,5H,4,10H2;1H. The second kappa shape index (κ2) is 4.09. The van der Waals surface area contributed by atoms with Crippen molar-refractivity contribution in [1.82, 2.24) is 9.38 Å². The zero-order chi connectivity index (χ0) is 8.55. The van der Waals surface area contributed by atoms with Gasteiger partial charge in [0, 0.05) is 18.9 Å². The van der Waals surface area contributed by atoms with Crippen LogP contribution in [0.25, 0.3) is 5.65 Å². The van der Waals surface area contributed by atoms with E-state index in [9.17, 15) is 0 Å². The van der Waals surface area contributed by atoms with Crippen molar-refractivity contribution in [2.24, 2.45) is 5.73 Å². The first-order chi connectivity index (χ1) is 5.81. The highest BCUT2D eigenvalue weighted by Crippen LogP contribution is 2.16. The molecule has 0 aromatic carbocycles. The molecule has 3 nitrogen and oxygen atoms in total. The van der Waals surface area contributed by atoms with Crippen molar-refractivity contribution in [2.45, 2.75) is 6.54 Å². The van der Waals surface area contributed by atoms with E-state index in [1.165, 1.54) is 0 Å². The van der Waals surface area contributed by atoms with Crippen molar-refractivity contribution in [3.63, 3.8) is 0 Å². The molecule has 2 heterocycles. The number of rotatable bonds is 1. The van der Waals surface area contributed by atoms with Gasteiger partial charge in [0.2, 0.25) is 0 Å². The summed E-state index contributed by atoms with van der Waals surface area (Å²) >= 11 is 3.42. The molecule has 70 valence electrons. The third-order valence-electron chi connectivity index (χ3n) is 1.69. The van der Waals surface area contributed by atoms with Gasteiger partial charge in [0.15, 0.2) is 5.65 Å². The summed E-state index contributed by atoms with van der Waals surface area (Å²) in [5, 5.41) is 0. The monoisotopic (exact) mass is 261 g/mol. The Morgan fingerprint density at radius 1 is 1.54 bits per heavy atom. The molecular weight excluding hydrogens is 253 g/mol. The van der Waals surface area contributed by atoms with Gasteiger partial charge in [-0.15, -0.1) is 12.4 Å². The molecule has 0 amide bonds. The lowest BCUT2D eigenvalue weighted by Crippen LogP contribution is -1.95. The summed E-state index contributed by atoms with van der Waals surface area (Å²) < 4.78 is 2.94. The van der Waals surface area contributed by atoms with E-state index in [2.05, 4.69) is 20.9 Å². The first kappa shape index (κ1) is 10.5. The van der Waals surface area contributed by atoms with Gasteiger partial charge in [0.05, 0.1) is 10.2 Å². The van der Waals surface area contributed by atoms with Crippen LogP contribution in [0.1, 0.15) is 5.69 Å². The van der Waals surface area contributed by atoms with Crippen LogP contribution in [-0.4, -0.2) is 9.38 Å². The fourth-order valence-electron chi connectivity index (χ4n) is 1.13.